The van der Waals surface area contributed by atoms with E-state index >= 15 is 0 Å². The van der Waals surface area contributed by atoms with Crippen molar-refractivity contribution in [2.75, 3.05) is 0 Å². The molecule has 0 amide bonds. The number of thiazole rings is 1. The number of hydrogen-bond acceptors (Lipinski definition) is 2. The van der Waals surface area contributed by atoms with E-state index in [9.17, 15) is 0 Å². The Hall–Kier alpha value is -0.890. The Bertz CT molecular complexity index is 284. The lowest BCUT2D eigenvalue weighted by molar-refractivity contribution is 1.50. The summed E-state index contributed by atoms with van der Waals surface area (Å²) in [6.07, 6.45) is 0. The van der Waals surface area contributed by atoms with E-state index in [0.29, 0.717) is 0 Å². The summed E-state index contributed by atoms with van der Waals surface area (Å²) >= 11 is 1.68. The molecule has 2 aromatic rings. The number of nitrogens with zero attached hydrogens (tertiary/aromatic N) is 1. The molecule has 0 saturated carbocycles. The maximum atomic E-state index is 4.14. The van der Waals surface area contributed by atoms with E-state index in [1.54, 1.807) is 11.3 Å². The summed E-state index contributed by atoms with van der Waals surface area (Å²) in [5.41, 5.74) is 2.97. The fourth-order valence-corrected chi connectivity index (χ4v) is 1.48. The summed E-state index contributed by atoms with van der Waals surface area (Å²) in [7, 11) is 0. The molecule has 1 nitrogen and oxygen atoms in total. The first-order chi connectivity index (χ1) is 5.47. The van der Waals surface area contributed by atoms with E-state index in [1.165, 1.54) is 4.70 Å². The van der Waals surface area contributed by atoms with E-state index in [2.05, 4.69) is 11.1 Å². The van der Waals surface area contributed by atoms with Gasteiger partial charge < -0.3 is 0 Å². The van der Waals surface area contributed by atoms with Crippen LogP contribution in [0.5, 0.6) is 0 Å². The van der Waals surface area contributed by atoms with Crippen LogP contribution in [0.15, 0.2) is 29.8 Å². The average Bonchev–Trinajstić information content (AvgIpc) is 2.55. The molecule has 0 aliphatic rings. The maximum absolute atomic E-state index is 4.14. The monoisotopic (exact) mass is 165 g/mol. The molecule has 11 heavy (non-hydrogen) atoms. The zero-order valence-corrected chi connectivity index (χ0v) is 7.56. The summed E-state index contributed by atoms with van der Waals surface area (Å²) in [4.78, 5) is 4.14. The predicted molar refractivity (Wildman–Crippen MR) is 51.0 cm³/mol. The molecule has 0 N–H and O–H groups in total. The molecule has 2 rings (SSSR count). The Morgan fingerprint density at radius 1 is 1.18 bits per heavy atom. The Morgan fingerprint density at radius 2 is 1.91 bits per heavy atom. The molecule has 1 aromatic heterocycles. The first-order valence-electron chi connectivity index (χ1n) is 3.75. The van der Waals surface area contributed by atoms with Gasteiger partial charge in [-0.3, -0.25) is 0 Å². The van der Waals surface area contributed by atoms with E-state index in [-0.39, 0.29) is 0 Å². The Labute approximate surface area is 70.7 Å². The molecule has 2 heteroatoms. The third-order valence-corrected chi connectivity index (χ3v) is 2.05. The highest BCUT2D eigenvalue weighted by Gasteiger charge is 1.89. The zero-order chi connectivity index (χ0) is 8.10. The molecular weight excluding hydrogens is 154 g/mol. The highest BCUT2D eigenvalue weighted by Crippen LogP contribution is 2.15. The molecule has 0 fully saturated rings. The highest BCUT2D eigenvalue weighted by molar-refractivity contribution is 7.16. The number of benzene rings is 1. The summed E-state index contributed by atoms with van der Waals surface area (Å²) in [5.74, 6) is 0. The van der Waals surface area contributed by atoms with Crippen molar-refractivity contribution in [2.24, 2.45) is 0 Å². The first kappa shape index (κ1) is 8.21. The van der Waals surface area contributed by atoms with Crippen molar-refractivity contribution in [1.29, 1.82) is 0 Å². The molecule has 1 heterocycles. The van der Waals surface area contributed by atoms with Crippen LogP contribution in [0.1, 0.15) is 13.8 Å². The second kappa shape index (κ2) is 4.09. The van der Waals surface area contributed by atoms with Crippen LogP contribution in [0.25, 0.3) is 10.2 Å². The van der Waals surface area contributed by atoms with Gasteiger partial charge in [-0.05, 0) is 12.1 Å². The van der Waals surface area contributed by atoms with Crippen molar-refractivity contribution >= 4 is 21.6 Å². The first-order valence-corrected chi connectivity index (χ1v) is 4.63. The molecule has 58 valence electrons. The lowest BCUT2D eigenvalue weighted by Crippen LogP contribution is -1.61. The molecule has 0 saturated heterocycles. The second-order valence-corrected chi connectivity index (χ2v) is 2.71. The average molecular weight is 165 g/mol. The predicted octanol–water partition coefficient (Wildman–Crippen LogP) is 3.32. The SMILES string of the molecule is CC.c1ccc2scnc2c1. The molecule has 0 unspecified atom stereocenters. The molecule has 0 aliphatic heterocycles. The topological polar surface area (TPSA) is 12.9 Å². The summed E-state index contributed by atoms with van der Waals surface area (Å²) < 4.78 is 1.26. The van der Waals surface area contributed by atoms with E-state index in [1.807, 2.05) is 37.6 Å². The Kier molecular flexibility index (Phi) is 3.05. The number of para-hydroxylation sites is 1. The van der Waals surface area contributed by atoms with Gasteiger partial charge in [-0.15, -0.1) is 11.3 Å². The van der Waals surface area contributed by atoms with E-state index in [4.69, 9.17) is 0 Å². The van der Waals surface area contributed by atoms with Crippen LogP contribution < -0.4 is 0 Å². The van der Waals surface area contributed by atoms with Gasteiger partial charge in [-0.25, -0.2) is 4.98 Å². The van der Waals surface area contributed by atoms with Crippen LogP contribution in [0.3, 0.4) is 0 Å². The molecule has 0 bridgehead atoms. The van der Waals surface area contributed by atoms with Crippen molar-refractivity contribution in [1.82, 2.24) is 4.98 Å². The van der Waals surface area contributed by atoms with Gasteiger partial charge >= 0.3 is 0 Å². The van der Waals surface area contributed by atoms with Gasteiger partial charge in [0.05, 0.1) is 15.7 Å². The largest absolute Gasteiger partial charge is 0.245 e. The summed E-state index contributed by atoms with van der Waals surface area (Å²) in [5, 5.41) is 0. The van der Waals surface area contributed by atoms with E-state index < -0.39 is 0 Å². The molecule has 0 radical (unpaired) electrons. The minimum Gasteiger partial charge on any atom is -0.245 e. The highest BCUT2D eigenvalue weighted by atomic mass is 32.1. The molecule has 1 aromatic carbocycles. The lowest BCUT2D eigenvalue weighted by Gasteiger charge is -1.80. The molecule has 0 atom stereocenters. The van der Waals surface area contributed by atoms with Crippen molar-refractivity contribution in [3.8, 4) is 0 Å². The van der Waals surface area contributed by atoms with Crippen LogP contribution in [0.4, 0.5) is 0 Å². The van der Waals surface area contributed by atoms with Gasteiger partial charge in [0.25, 0.3) is 0 Å². The van der Waals surface area contributed by atoms with Crippen molar-refractivity contribution in [2.45, 2.75) is 13.8 Å². The Balaban J connectivity index is 0.000000281. The molecular formula is C9H11NS. The maximum Gasteiger partial charge on any atom is 0.0812 e. The normalized spacial score (nSPS) is 8.91. The van der Waals surface area contributed by atoms with Gasteiger partial charge in [0.2, 0.25) is 0 Å². The zero-order valence-electron chi connectivity index (χ0n) is 6.74. The molecule has 0 aliphatic carbocycles. The second-order valence-electron chi connectivity index (χ2n) is 1.82. The fraction of sp³-hybridized carbons (Fsp3) is 0.222. The minimum atomic E-state index is 1.10. The van der Waals surface area contributed by atoms with Crippen molar-refractivity contribution in [3.05, 3.63) is 29.8 Å². The van der Waals surface area contributed by atoms with Gasteiger partial charge in [-0.2, -0.15) is 0 Å². The molecule has 0 spiro atoms. The van der Waals surface area contributed by atoms with Gasteiger partial charge in [0.1, 0.15) is 0 Å². The minimum absolute atomic E-state index is 1.10. The fourth-order valence-electron chi connectivity index (χ4n) is 0.803. The van der Waals surface area contributed by atoms with Gasteiger partial charge in [-0.1, -0.05) is 26.0 Å². The van der Waals surface area contributed by atoms with Crippen LogP contribution in [-0.4, -0.2) is 4.98 Å². The Morgan fingerprint density at radius 3 is 2.64 bits per heavy atom. The quantitative estimate of drug-likeness (QED) is 0.583. The summed E-state index contributed by atoms with van der Waals surface area (Å²) in [6.45, 7) is 4.00. The van der Waals surface area contributed by atoms with Crippen molar-refractivity contribution < 1.29 is 0 Å². The van der Waals surface area contributed by atoms with Gasteiger partial charge in [0.15, 0.2) is 0 Å². The smallest absolute Gasteiger partial charge is 0.0812 e. The van der Waals surface area contributed by atoms with Crippen molar-refractivity contribution in [3.63, 3.8) is 0 Å². The van der Waals surface area contributed by atoms with Crippen LogP contribution in [0, 0.1) is 0 Å². The van der Waals surface area contributed by atoms with Crippen LogP contribution in [0.2, 0.25) is 0 Å². The number of rotatable bonds is 0. The lowest BCUT2D eigenvalue weighted by atomic mass is 10.3. The number of hydrogen-bond donors (Lipinski definition) is 0. The van der Waals surface area contributed by atoms with Crippen LogP contribution >= 0.6 is 11.3 Å². The standard InChI is InChI=1S/C7H5NS.C2H6/c1-2-4-7-6(3-1)8-5-9-7;1-2/h1-5H;1-2H3. The third kappa shape index (κ3) is 1.77. The van der Waals surface area contributed by atoms with Gasteiger partial charge in [0, 0.05) is 0 Å². The van der Waals surface area contributed by atoms with E-state index in [0.717, 1.165) is 5.52 Å². The third-order valence-electron chi connectivity index (χ3n) is 1.24. The number of fused-ring (bicyclic) bond motifs is 1. The summed E-state index contributed by atoms with van der Waals surface area (Å²) in [6, 6.07) is 8.13. The van der Waals surface area contributed by atoms with Crippen LogP contribution in [-0.2, 0) is 0 Å². The number of aromatic nitrogens is 1.